The zero-order valence-corrected chi connectivity index (χ0v) is 17.5. The zero-order chi connectivity index (χ0) is 20.1. The van der Waals surface area contributed by atoms with Crippen LogP contribution in [0, 0.1) is 6.92 Å². The third-order valence-electron chi connectivity index (χ3n) is 4.11. The van der Waals surface area contributed by atoms with Crippen LogP contribution in [0.4, 0.5) is 0 Å². The number of pyridine rings is 1. The summed E-state index contributed by atoms with van der Waals surface area (Å²) in [6, 6.07) is 18.5. The molecule has 0 spiro atoms. The highest BCUT2D eigenvalue weighted by Crippen LogP contribution is 2.26. The molecule has 3 rings (SSSR count). The Labute approximate surface area is 179 Å². The van der Waals surface area contributed by atoms with E-state index in [1.54, 1.807) is 29.0 Å². The highest BCUT2D eigenvalue weighted by Gasteiger charge is 2.20. The molecule has 0 saturated heterocycles. The van der Waals surface area contributed by atoms with Gasteiger partial charge in [0.05, 0.1) is 0 Å². The molecular weight excluding hydrogens is 411 g/mol. The standard InChI is InChI=1S/C22H18Cl2N2OS/c1-15-6-5-11-26(14-15)20(21(27)18-12-17(23)9-10-19(18)24)22(28)25-13-16-7-3-2-4-8-16/h2-12,14H,13H2,1H3,(H-,25,27,28). The molecule has 1 heterocycles. The van der Waals surface area contributed by atoms with Crippen molar-refractivity contribution >= 4 is 51.9 Å². The van der Waals surface area contributed by atoms with Crippen LogP contribution < -0.4 is 15.0 Å². The zero-order valence-electron chi connectivity index (χ0n) is 15.2. The average molecular weight is 429 g/mol. The van der Waals surface area contributed by atoms with Crippen molar-refractivity contribution in [2.24, 2.45) is 0 Å². The van der Waals surface area contributed by atoms with E-state index in [0.29, 0.717) is 32.8 Å². The third kappa shape index (κ3) is 4.90. The highest BCUT2D eigenvalue weighted by molar-refractivity contribution is 7.81. The van der Waals surface area contributed by atoms with Gasteiger partial charge in [-0.3, -0.25) is 0 Å². The SMILES string of the molecule is Cc1ccc[n+](C(C(=S)NCc2ccccc2)=C([O-])c2cc(Cl)ccc2Cl)c1. The van der Waals surface area contributed by atoms with Gasteiger partial charge in [0.2, 0.25) is 5.70 Å². The van der Waals surface area contributed by atoms with Gasteiger partial charge in [-0.2, -0.15) is 4.57 Å². The number of nitrogens with one attached hydrogen (secondary N) is 1. The lowest BCUT2D eigenvalue weighted by Gasteiger charge is -2.18. The lowest BCUT2D eigenvalue weighted by molar-refractivity contribution is -0.578. The first-order chi connectivity index (χ1) is 13.5. The summed E-state index contributed by atoms with van der Waals surface area (Å²) in [5.74, 6) is -0.298. The van der Waals surface area contributed by atoms with Crippen LogP contribution in [0.1, 0.15) is 16.7 Å². The topological polar surface area (TPSA) is 39.0 Å². The third-order valence-corrected chi connectivity index (χ3v) is 5.01. The van der Waals surface area contributed by atoms with E-state index in [2.05, 4.69) is 5.32 Å². The maximum Gasteiger partial charge on any atom is 0.238 e. The molecule has 0 saturated carbocycles. The predicted molar refractivity (Wildman–Crippen MR) is 117 cm³/mol. The minimum absolute atomic E-state index is 0.298. The van der Waals surface area contributed by atoms with Crippen molar-refractivity contribution in [1.29, 1.82) is 0 Å². The summed E-state index contributed by atoms with van der Waals surface area (Å²) in [4.78, 5) is 0.334. The van der Waals surface area contributed by atoms with Gasteiger partial charge in [0.15, 0.2) is 17.4 Å². The van der Waals surface area contributed by atoms with Crippen LogP contribution in [0.15, 0.2) is 73.1 Å². The molecular formula is C22H18Cl2N2OS. The van der Waals surface area contributed by atoms with Gasteiger partial charge in [0, 0.05) is 28.2 Å². The molecule has 0 bridgehead atoms. The van der Waals surface area contributed by atoms with E-state index in [-0.39, 0.29) is 5.76 Å². The van der Waals surface area contributed by atoms with E-state index in [1.807, 2.05) is 55.6 Å². The van der Waals surface area contributed by atoms with Crippen LogP contribution in [0.5, 0.6) is 0 Å². The van der Waals surface area contributed by atoms with Crippen LogP contribution in [-0.4, -0.2) is 4.99 Å². The minimum atomic E-state index is -0.298. The Morgan fingerprint density at radius 3 is 2.54 bits per heavy atom. The van der Waals surface area contributed by atoms with Crippen molar-refractivity contribution in [3.8, 4) is 0 Å². The van der Waals surface area contributed by atoms with Crippen LogP contribution in [0.3, 0.4) is 0 Å². The summed E-state index contributed by atoms with van der Waals surface area (Å²) in [6.45, 7) is 2.46. The molecule has 1 N–H and O–H groups in total. The second kappa shape index (κ2) is 9.20. The van der Waals surface area contributed by atoms with E-state index in [9.17, 15) is 5.11 Å². The number of thiocarbonyl (C=S) groups is 1. The molecule has 2 aromatic carbocycles. The fourth-order valence-electron chi connectivity index (χ4n) is 2.73. The molecule has 0 aliphatic rings. The Morgan fingerprint density at radius 1 is 1.07 bits per heavy atom. The van der Waals surface area contributed by atoms with Crippen molar-refractivity contribution in [1.82, 2.24) is 5.32 Å². The van der Waals surface area contributed by atoms with E-state index in [1.165, 1.54) is 0 Å². The average Bonchev–Trinajstić information content (AvgIpc) is 2.69. The summed E-state index contributed by atoms with van der Waals surface area (Å²) < 4.78 is 1.72. The molecule has 0 aliphatic heterocycles. The molecule has 6 heteroatoms. The number of halogens is 2. The van der Waals surface area contributed by atoms with Crippen molar-refractivity contribution < 1.29 is 9.67 Å². The largest absolute Gasteiger partial charge is 0.867 e. The van der Waals surface area contributed by atoms with Crippen molar-refractivity contribution in [2.45, 2.75) is 13.5 Å². The van der Waals surface area contributed by atoms with Gasteiger partial charge in [-0.15, -0.1) is 0 Å². The monoisotopic (exact) mass is 428 g/mol. The molecule has 0 aliphatic carbocycles. The van der Waals surface area contributed by atoms with Gasteiger partial charge in [-0.05, 0) is 48.1 Å². The Morgan fingerprint density at radius 2 is 1.82 bits per heavy atom. The van der Waals surface area contributed by atoms with Gasteiger partial charge in [0.1, 0.15) is 0 Å². The number of benzene rings is 2. The molecule has 0 fully saturated rings. The normalized spacial score (nSPS) is 11.7. The van der Waals surface area contributed by atoms with Gasteiger partial charge in [0.25, 0.3) is 0 Å². The van der Waals surface area contributed by atoms with Gasteiger partial charge < -0.3 is 10.4 Å². The summed E-state index contributed by atoms with van der Waals surface area (Å²) in [7, 11) is 0. The van der Waals surface area contributed by atoms with Gasteiger partial charge in [-0.25, -0.2) is 0 Å². The first-order valence-corrected chi connectivity index (χ1v) is 9.79. The Balaban J connectivity index is 2.04. The van der Waals surface area contributed by atoms with E-state index in [0.717, 1.165) is 11.1 Å². The number of aryl methyl sites for hydroxylation is 1. The van der Waals surface area contributed by atoms with E-state index < -0.39 is 0 Å². The Bertz CT molecular complexity index is 1040. The molecule has 0 unspecified atom stereocenters. The maximum atomic E-state index is 13.4. The fraction of sp³-hybridized carbons (Fsp3) is 0.0909. The first-order valence-electron chi connectivity index (χ1n) is 8.63. The van der Waals surface area contributed by atoms with Crippen molar-refractivity contribution in [2.75, 3.05) is 0 Å². The van der Waals surface area contributed by atoms with E-state index in [4.69, 9.17) is 35.4 Å². The smallest absolute Gasteiger partial charge is 0.238 e. The Hall–Kier alpha value is -2.40. The summed E-state index contributed by atoms with van der Waals surface area (Å²) in [5, 5.41) is 17.3. The second-order valence-corrected chi connectivity index (χ2v) is 7.51. The number of hydrogen-bond acceptors (Lipinski definition) is 2. The molecule has 142 valence electrons. The molecule has 0 radical (unpaired) electrons. The van der Waals surface area contributed by atoms with Crippen molar-refractivity contribution in [3.63, 3.8) is 0 Å². The summed E-state index contributed by atoms with van der Waals surface area (Å²) in [6.07, 6.45) is 3.64. The lowest BCUT2D eigenvalue weighted by Crippen LogP contribution is -2.42. The van der Waals surface area contributed by atoms with Crippen LogP contribution in [-0.2, 0) is 6.54 Å². The quantitative estimate of drug-likeness (QED) is 0.283. The van der Waals surface area contributed by atoms with Gasteiger partial charge in [-0.1, -0.05) is 65.8 Å². The molecule has 0 amide bonds. The first kappa shape index (κ1) is 20.3. The molecule has 3 aromatic rings. The van der Waals surface area contributed by atoms with Crippen LogP contribution in [0.2, 0.25) is 10.0 Å². The molecule has 0 atom stereocenters. The molecule has 3 nitrogen and oxygen atoms in total. The lowest BCUT2D eigenvalue weighted by atomic mass is 10.1. The number of aromatic nitrogens is 1. The van der Waals surface area contributed by atoms with Gasteiger partial charge >= 0.3 is 0 Å². The molecule has 28 heavy (non-hydrogen) atoms. The second-order valence-electron chi connectivity index (χ2n) is 6.26. The molecule has 1 aromatic heterocycles. The minimum Gasteiger partial charge on any atom is -0.867 e. The highest BCUT2D eigenvalue weighted by atomic mass is 35.5. The van der Waals surface area contributed by atoms with E-state index >= 15 is 0 Å². The van der Waals surface area contributed by atoms with Crippen LogP contribution in [0.25, 0.3) is 11.5 Å². The summed E-state index contributed by atoms with van der Waals surface area (Å²) >= 11 is 17.9. The van der Waals surface area contributed by atoms with Crippen molar-refractivity contribution in [3.05, 3.63) is 99.8 Å². The fourth-order valence-corrected chi connectivity index (χ4v) is 3.38. The number of nitrogens with zero attached hydrogens (tertiary/aromatic N) is 1. The Kier molecular flexibility index (Phi) is 6.68. The summed E-state index contributed by atoms with van der Waals surface area (Å²) in [5.41, 5.74) is 2.68. The maximum absolute atomic E-state index is 13.4. The number of hydrogen-bond donors (Lipinski definition) is 1. The predicted octanol–water partition coefficient (Wildman–Crippen LogP) is 4.39. The van der Waals surface area contributed by atoms with Crippen LogP contribution >= 0.6 is 35.4 Å². The number of rotatable bonds is 5.